The molecule has 5 heteroatoms. The van der Waals surface area contributed by atoms with Crippen LogP contribution in [-0.2, 0) is 4.74 Å². The van der Waals surface area contributed by atoms with Crippen LogP contribution in [0.1, 0.15) is 16.1 Å². The average Bonchev–Trinajstić information content (AvgIpc) is 3.14. The van der Waals surface area contributed by atoms with Crippen LogP contribution in [0, 0.1) is 0 Å². The van der Waals surface area contributed by atoms with E-state index < -0.39 is 0 Å². The molecule has 1 aromatic heterocycles. The Hall–Kier alpha value is -3.34. The summed E-state index contributed by atoms with van der Waals surface area (Å²) in [7, 11) is 3.01. The number of ether oxygens (including phenoxy) is 2. The molecule has 3 rings (SSSR count). The highest BCUT2D eigenvalue weighted by Crippen LogP contribution is 2.18. The van der Waals surface area contributed by atoms with Crippen molar-refractivity contribution in [1.82, 2.24) is 4.57 Å². The fraction of sp³-hybridized carbons (Fsp3) is 0.100. The number of hydrogen-bond donors (Lipinski definition) is 0. The van der Waals surface area contributed by atoms with Gasteiger partial charge >= 0.3 is 5.97 Å². The Morgan fingerprint density at radius 1 is 1.04 bits per heavy atom. The second-order valence-electron chi connectivity index (χ2n) is 5.30. The van der Waals surface area contributed by atoms with E-state index in [9.17, 15) is 4.79 Å². The lowest BCUT2D eigenvalue weighted by atomic mass is 10.2. The van der Waals surface area contributed by atoms with Gasteiger partial charge in [0.05, 0.1) is 37.4 Å². The Labute approximate surface area is 146 Å². The van der Waals surface area contributed by atoms with Crippen molar-refractivity contribution in [2.24, 2.45) is 4.99 Å². The van der Waals surface area contributed by atoms with Gasteiger partial charge in [-0.1, -0.05) is 6.07 Å². The highest BCUT2D eigenvalue weighted by molar-refractivity contribution is 5.90. The minimum absolute atomic E-state index is 0.376. The maximum Gasteiger partial charge on any atom is 0.337 e. The number of aromatic nitrogens is 1. The minimum atomic E-state index is -0.376. The Bertz CT molecular complexity index is 895. The van der Waals surface area contributed by atoms with Crippen molar-refractivity contribution < 1.29 is 14.3 Å². The van der Waals surface area contributed by atoms with Gasteiger partial charge in [-0.15, -0.1) is 0 Å². The van der Waals surface area contributed by atoms with Gasteiger partial charge in [-0.2, -0.15) is 0 Å². The number of carbonyl (C=O) groups excluding carboxylic acids is 1. The molecule has 5 nitrogen and oxygen atoms in total. The molecule has 3 aromatic rings. The summed E-state index contributed by atoms with van der Waals surface area (Å²) in [5.41, 5.74) is 3.09. The van der Waals surface area contributed by atoms with Crippen molar-refractivity contribution in [3.05, 3.63) is 78.1 Å². The summed E-state index contributed by atoms with van der Waals surface area (Å²) in [4.78, 5) is 16.1. The van der Waals surface area contributed by atoms with Crippen LogP contribution in [0.4, 0.5) is 5.69 Å². The zero-order valence-electron chi connectivity index (χ0n) is 14.0. The molecule has 126 valence electrons. The van der Waals surface area contributed by atoms with Crippen molar-refractivity contribution >= 4 is 17.9 Å². The van der Waals surface area contributed by atoms with Crippen LogP contribution in [0.5, 0.6) is 5.75 Å². The van der Waals surface area contributed by atoms with Gasteiger partial charge in [0.1, 0.15) is 5.75 Å². The van der Waals surface area contributed by atoms with E-state index in [2.05, 4.69) is 4.99 Å². The molecule has 0 aliphatic rings. The predicted octanol–water partition coefficient (Wildman–Crippen LogP) is 4.02. The largest absolute Gasteiger partial charge is 0.497 e. The number of aliphatic imine (C=N–C) groups is 1. The van der Waals surface area contributed by atoms with Gasteiger partial charge in [-0.05, 0) is 54.6 Å². The van der Waals surface area contributed by atoms with Crippen LogP contribution in [0.25, 0.3) is 5.69 Å². The first kappa shape index (κ1) is 16.5. The lowest BCUT2D eigenvalue weighted by Gasteiger charge is -2.07. The summed E-state index contributed by atoms with van der Waals surface area (Å²) in [5, 5.41) is 0. The molecule has 0 atom stereocenters. The zero-order valence-corrected chi connectivity index (χ0v) is 14.0. The van der Waals surface area contributed by atoms with Crippen LogP contribution in [-0.4, -0.2) is 31.0 Å². The van der Waals surface area contributed by atoms with Gasteiger partial charge in [-0.25, -0.2) is 4.79 Å². The molecule has 0 bridgehead atoms. The molecular weight excluding hydrogens is 316 g/mol. The Balaban J connectivity index is 1.85. The van der Waals surface area contributed by atoms with E-state index in [1.54, 1.807) is 31.5 Å². The third-order valence-electron chi connectivity index (χ3n) is 3.74. The standard InChI is InChI=1S/C20H18N2O3/c1-24-19-10-8-17(9-11-19)22-12-4-7-18(22)14-21-16-6-3-5-15(13-16)20(23)25-2/h3-14H,1-2H3. The van der Waals surface area contributed by atoms with E-state index in [0.717, 1.165) is 17.1 Å². The minimum Gasteiger partial charge on any atom is -0.497 e. The zero-order chi connectivity index (χ0) is 17.6. The molecule has 0 aliphatic carbocycles. The maximum atomic E-state index is 11.6. The van der Waals surface area contributed by atoms with Crippen LogP contribution in [0.2, 0.25) is 0 Å². The van der Waals surface area contributed by atoms with Gasteiger partial charge < -0.3 is 14.0 Å². The van der Waals surface area contributed by atoms with Crippen molar-refractivity contribution in [3.63, 3.8) is 0 Å². The Morgan fingerprint density at radius 3 is 2.56 bits per heavy atom. The summed E-state index contributed by atoms with van der Waals surface area (Å²) in [6, 6.07) is 18.7. The quantitative estimate of drug-likeness (QED) is 0.523. The van der Waals surface area contributed by atoms with E-state index >= 15 is 0 Å². The molecule has 0 amide bonds. The third-order valence-corrected chi connectivity index (χ3v) is 3.74. The number of carbonyl (C=O) groups is 1. The van der Waals surface area contributed by atoms with Gasteiger partial charge in [0.2, 0.25) is 0 Å². The highest BCUT2D eigenvalue weighted by Gasteiger charge is 2.05. The fourth-order valence-electron chi connectivity index (χ4n) is 2.45. The lowest BCUT2D eigenvalue weighted by Crippen LogP contribution is -2.00. The monoisotopic (exact) mass is 334 g/mol. The van der Waals surface area contributed by atoms with E-state index in [0.29, 0.717) is 11.3 Å². The van der Waals surface area contributed by atoms with Crippen molar-refractivity contribution in [1.29, 1.82) is 0 Å². The van der Waals surface area contributed by atoms with Crippen molar-refractivity contribution in [3.8, 4) is 11.4 Å². The number of hydrogen-bond acceptors (Lipinski definition) is 4. The fourth-order valence-corrected chi connectivity index (χ4v) is 2.45. The second kappa shape index (κ2) is 7.49. The Morgan fingerprint density at radius 2 is 1.84 bits per heavy atom. The second-order valence-corrected chi connectivity index (χ2v) is 5.30. The molecule has 1 heterocycles. The molecule has 0 fully saturated rings. The van der Waals surface area contributed by atoms with Crippen molar-refractivity contribution in [2.45, 2.75) is 0 Å². The molecular formula is C20H18N2O3. The molecule has 0 aliphatic heterocycles. The van der Waals surface area contributed by atoms with Gasteiger partial charge in [0.25, 0.3) is 0 Å². The maximum absolute atomic E-state index is 11.6. The van der Waals surface area contributed by atoms with E-state index in [1.165, 1.54) is 7.11 Å². The molecule has 2 aromatic carbocycles. The highest BCUT2D eigenvalue weighted by atomic mass is 16.5. The number of rotatable bonds is 5. The summed E-state index contributed by atoms with van der Waals surface area (Å²) >= 11 is 0. The molecule has 0 saturated heterocycles. The Kier molecular flexibility index (Phi) is 4.95. The van der Waals surface area contributed by atoms with Gasteiger partial charge in [-0.3, -0.25) is 4.99 Å². The predicted molar refractivity (Wildman–Crippen MR) is 97.4 cm³/mol. The molecule has 0 N–H and O–H groups in total. The van der Waals surface area contributed by atoms with Crippen LogP contribution >= 0.6 is 0 Å². The molecule has 0 saturated carbocycles. The number of nitrogens with zero attached hydrogens (tertiary/aromatic N) is 2. The number of esters is 1. The average molecular weight is 334 g/mol. The first-order valence-electron chi connectivity index (χ1n) is 7.75. The smallest absolute Gasteiger partial charge is 0.337 e. The SMILES string of the molecule is COC(=O)c1cccc(N=Cc2cccn2-c2ccc(OC)cc2)c1. The first-order valence-corrected chi connectivity index (χ1v) is 7.75. The molecule has 0 spiro atoms. The van der Waals surface area contributed by atoms with Crippen LogP contribution < -0.4 is 4.74 Å². The van der Waals surface area contributed by atoms with E-state index in [1.807, 2.05) is 53.2 Å². The summed E-state index contributed by atoms with van der Waals surface area (Å²) < 4.78 is 11.9. The normalized spacial score (nSPS) is 10.8. The molecule has 25 heavy (non-hydrogen) atoms. The van der Waals surface area contributed by atoms with Crippen LogP contribution in [0.15, 0.2) is 71.9 Å². The molecule has 0 radical (unpaired) electrons. The van der Waals surface area contributed by atoms with Gasteiger partial charge in [0, 0.05) is 11.9 Å². The number of methoxy groups -OCH3 is 2. The molecule has 0 unspecified atom stereocenters. The van der Waals surface area contributed by atoms with E-state index in [-0.39, 0.29) is 5.97 Å². The summed E-state index contributed by atoms with van der Waals surface area (Å²) in [6.45, 7) is 0. The van der Waals surface area contributed by atoms with Crippen LogP contribution in [0.3, 0.4) is 0 Å². The summed E-state index contributed by atoms with van der Waals surface area (Å²) in [6.07, 6.45) is 3.73. The van der Waals surface area contributed by atoms with E-state index in [4.69, 9.17) is 9.47 Å². The van der Waals surface area contributed by atoms with Gasteiger partial charge in [0.15, 0.2) is 0 Å². The number of benzene rings is 2. The topological polar surface area (TPSA) is 52.8 Å². The van der Waals surface area contributed by atoms with Crippen molar-refractivity contribution in [2.75, 3.05) is 14.2 Å². The third kappa shape index (κ3) is 3.77. The summed E-state index contributed by atoms with van der Waals surface area (Å²) in [5.74, 6) is 0.435. The first-order chi connectivity index (χ1) is 12.2. The lowest BCUT2D eigenvalue weighted by molar-refractivity contribution is 0.0601.